The predicted molar refractivity (Wildman–Crippen MR) is 77.9 cm³/mol. The summed E-state index contributed by atoms with van der Waals surface area (Å²) in [5, 5.41) is 10.9. The normalized spacial score (nSPS) is 12.6. The van der Waals surface area contributed by atoms with Gasteiger partial charge in [0.05, 0.1) is 4.92 Å². The SMILES string of the molecule is CCC(C)CN(CC)Cc1ccc(N)c([N+](=O)[O-])c1. The van der Waals surface area contributed by atoms with Gasteiger partial charge in [-0.05, 0) is 24.1 Å². The highest BCUT2D eigenvalue weighted by molar-refractivity contribution is 5.59. The molecule has 0 spiro atoms. The largest absolute Gasteiger partial charge is 0.393 e. The molecule has 0 amide bonds. The Hall–Kier alpha value is -1.62. The third-order valence-corrected chi connectivity index (χ3v) is 3.41. The predicted octanol–water partition coefficient (Wildman–Crippen LogP) is 3.05. The average molecular weight is 265 g/mol. The van der Waals surface area contributed by atoms with Crippen LogP contribution in [0.4, 0.5) is 11.4 Å². The van der Waals surface area contributed by atoms with E-state index >= 15 is 0 Å². The summed E-state index contributed by atoms with van der Waals surface area (Å²) < 4.78 is 0. The first-order valence-electron chi connectivity index (χ1n) is 6.73. The Morgan fingerprint density at radius 3 is 2.63 bits per heavy atom. The van der Waals surface area contributed by atoms with Crippen molar-refractivity contribution < 1.29 is 4.92 Å². The summed E-state index contributed by atoms with van der Waals surface area (Å²) in [4.78, 5) is 12.7. The van der Waals surface area contributed by atoms with Gasteiger partial charge in [-0.25, -0.2) is 0 Å². The van der Waals surface area contributed by atoms with Crippen LogP contribution in [0.5, 0.6) is 0 Å². The number of nitrogen functional groups attached to an aromatic ring is 1. The van der Waals surface area contributed by atoms with Crippen LogP contribution in [0.2, 0.25) is 0 Å². The zero-order chi connectivity index (χ0) is 14.4. The molecule has 5 heteroatoms. The molecule has 19 heavy (non-hydrogen) atoms. The zero-order valence-corrected chi connectivity index (χ0v) is 11.9. The molecular formula is C14H23N3O2. The quantitative estimate of drug-likeness (QED) is 0.467. The molecule has 1 atom stereocenters. The fourth-order valence-electron chi connectivity index (χ4n) is 1.98. The van der Waals surface area contributed by atoms with E-state index in [0.29, 0.717) is 5.92 Å². The molecule has 0 radical (unpaired) electrons. The molecule has 0 saturated heterocycles. The summed E-state index contributed by atoms with van der Waals surface area (Å²) in [6.45, 7) is 9.16. The number of hydrogen-bond donors (Lipinski definition) is 1. The minimum absolute atomic E-state index is 0.00269. The van der Waals surface area contributed by atoms with Crippen molar-refractivity contribution in [2.24, 2.45) is 5.92 Å². The van der Waals surface area contributed by atoms with Crippen LogP contribution in [-0.4, -0.2) is 22.9 Å². The Bertz CT molecular complexity index is 435. The summed E-state index contributed by atoms with van der Waals surface area (Å²) >= 11 is 0. The van der Waals surface area contributed by atoms with Crippen molar-refractivity contribution in [3.8, 4) is 0 Å². The van der Waals surface area contributed by atoms with Gasteiger partial charge < -0.3 is 5.73 Å². The van der Waals surface area contributed by atoms with Crippen molar-refractivity contribution in [2.45, 2.75) is 33.7 Å². The molecule has 0 saturated carbocycles. The van der Waals surface area contributed by atoms with Crippen LogP contribution in [-0.2, 0) is 6.54 Å². The average Bonchev–Trinajstić information content (AvgIpc) is 2.39. The minimum Gasteiger partial charge on any atom is -0.393 e. The van der Waals surface area contributed by atoms with Gasteiger partial charge in [0.25, 0.3) is 5.69 Å². The summed E-state index contributed by atoms with van der Waals surface area (Å²) in [6.07, 6.45) is 1.14. The molecule has 5 nitrogen and oxygen atoms in total. The third kappa shape index (κ3) is 4.52. The van der Waals surface area contributed by atoms with E-state index in [1.165, 1.54) is 0 Å². The van der Waals surface area contributed by atoms with Gasteiger partial charge in [0, 0.05) is 19.2 Å². The van der Waals surface area contributed by atoms with Crippen LogP contribution in [0.1, 0.15) is 32.8 Å². The Morgan fingerprint density at radius 2 is 2.11 bits per heavy atom. The number of nitrogens with zero attached hydrogens (tertiary/aromatic N) is 2. The lowest BCUT2D eigenvalue weighted by Crippen LogP contribution is -2.27. The highest BCUT2D eigenvalue weighted by atomic mass is 16.6. The van der Waals surface area contributed by atoms with Crippen LogP contribution in [0.3, 0.4) is 0 Å². The number of nitro benzene ring substituents is 1. The van der Waals surface area contributed by atoms with Crippen molar-refractivity contribution in [1.82, 2.24) is 4.90 Å². The number of anilines is 1. The van der Waals surface area contributed by atoms with Gasteiger partial charge in [-0.2, -0.15) is 0 Å². The van der Waals surface area contributed by atoms with Crippen LogP contribution in [0, 0.1) is 16.0 Å². The second-order valence-electron chi connectivity index (χ2n) is 4.99. The van der Waals surface area contributed by atoms with Gasteiger partial charge in [-0.3, -0.25) is 15.0 Å². The van der Waals surface area contributed by atoms with Crippen LogP contribution >= 0.6 is 0 Å². The molecule has 106 valence electrons. The molecule has 2 N–H and O–H groups in total. The number of rotatable bonds is 7. The van der Waals surface area contributed by atoms with Crippen molar-refractivity contribution >= 4 is 11.4 Å². The summed E-state index contributed by atoms with van der Waals surface area (Å²) in [6, 6.07) is 5.06. The highest BCUT2D eigenvalue weighted by Gasteiger charge is 2.14. The first-order valence-corrected chi connectivity index (χ1v) is 6.73. The van der Waals surface area contributed by atoms with E-state index in [1.54, 1.807) is 12.1 Å². The van der Waals surface area contributed by atoms with E-state index in [1.807, 2.05) is 6.07 Å². The first kappa shape index (κ1) is 15.4. The van der Waals surface area contributed by atoms with Crippen LogP contribution < -0.4 is 5.73 Å². The molecule has 0 fully saturated rings. The van der Waals surface area contributed by atoms with Gasteiger partial charge in [-0.1, -0.05) is 33.3 Å². The maximum absolute atomic E-state index is 10.9. The van der Waals surface area contributed by atoms with Crippen LogP contribution in [0.25, 0.3) is 0 Å². The van der Waals surface area contributed by atoms with Gasteiger partial charge >= 0.3 is 0 Å². The molecule has 0 aliphatic rings. The Kier molecular flexibility index (Phi) is 5.76. The summed E-state index contributed by atoms with van der Waals surface area (Å²) in [5.74, 6) is 0.628. The maximum Gasteiger partial charge on any atom is 0.292 e. The standard InChI is InChI=1S/C14H23N3O2/c1-4-11(3)9-16(5-2)10-12-6-7-13(15)14(8-12)17(18)19/h6-8,11H,4-5,9-10,15H2,1-3H3. The molecular weight excluding hydrogens is 242 g/mol. The van der Waals surface area contributed by atoms with E-state index in [0.717, 1.165) is 31.6 Å². The zero-order valence-electron chi connectivity index (χ0n) is 11.9. The third-order valence-electron chi connectivity index (χ3n) is 3.41. The van der Waals surface area contributed by atoms with Gasteiger partial charge in [-0.15, -0.1) is 0 Å². The summed E-state index contributed by atoms with van der Waals surface area (Å²) in [5.41, 5.74) is 6.76. The number of nitrogens with two attached hydrogens (primary N) is 1. The van der Waals surface area contributed by atoms with Gasteiger partial charge in [0.15, 0.2) is 0 Å². The second kappa shape index (κ2) is 7.09. The monoisotopic (exact) mass is 265 g/mol. The van der Waals surface area contributed by atoms with Crippen molar-refractivity contribution in [3.63, 3.8) is 0 Å². The van der Waals surface area contributed by atoms with Crippen molar-refractivity contribution in [2.75, 3.05) is 18.8 Å². The molecule has 1 aromatic carbocycles. The molecule has 0 aromatic heterocycles. The maximum atomic E-state index is 10.9. The van der Waals surface area contributed by atoms with Crippen molar-refractivity contribution in [1.29, 1.82) is 0 Å². The molecule has 1 unspecified atom stereocenters. The Morgan fingerprint density at radius 1 is 1.42 bits per heavy atom. The Balaban J connectivity index is 2.80. The fraction of sp³-hybridized carbons (Fsp3) is 0.571. The van der Waals surface area contributed by atoms with E-state index < -0.39 is 4.92 Å². The van der Waals surface area contributed by atoms with E-state index in [-0.39, 0.29) is 11.4 Å². The molecule has 1 rings (SSSR count). The van der Waals surface area contributed by atoms with Crippen molar-refractivity contribution in [3.05, 3.63) is 33.9 Å². The smallest absolute Gasteiger partial charge is 0.292 e. The lowest BCUT2D eigenvalue weighted by atomic mass is 10.1. The summed E-state index contributed by atoms with van der Waals surface area (Å²) in [7, 11) is 0. The number of benzene rings is 1. The van der Waals surface area contributed by atoms with E-state index in [9.17, 15) is 10.1 Å². The van der Waals surface area contributed by atoms with Gasteiger partial charge in [0.1, 0.15) is 5.69 Å². The molecule has 0 bridgehead atoms. The lowest BCUT2D eigenvalue weighted by Gasteiger charge is -2.23. The fourth-order valence-corrected chi connectivity index (χ4v) is 1.98. The van der Waals surface area contributed by atoms with Crippen LogP contribution in [0.15, 0.2) is 18.2 Å². The topological polar surface area (TPSA) is 72.4 Å². The lowest BCUT2D eigenvalue weighted by molar-refractivity contribution is -0.384. The minimum atomic E-state index is -0.427. The Labute approximate surface area is 114 Å². The molecule has 0 heterocycles. The molecule has 0 aliphatic carbocycles. The molecule has 1 aromatic rings. The van der Waals surface area contributed by atoms with E-state index in [2.05, 4.69) is 25.7 Å². The highest BCUT2D eigenvalue weighted by Crippen LogP contribution is 2.23. The second-order valence-corrected chi connectivity index (χ2v) is 4.99. The first-order chi connectivity index (χ1) is 8.97. The number of nitro groups is 1. The van der Waals surface area contributed by atoms with E-state index in [4.69, 9.17) is 5.73 Å². The number of hydrogen-bond acceptors (Lipinski definition) is 4. The van der Waals surface area contributed by atoms with Gasteiger partial charge in [0.2, 0.25) is 0 Å². The molecule has 0 aliphatic heterocycles.